The van der Waals surface area contributed by atoms with Gasteiger partial charge >= 0.3 is 5.97 Å². The summed E-state index contributed by atoms with van der Waals surface area (Å²) in [6.07, 6.45) is 3.40. The Morgan fingerprint density at radius 1 is 1.00 bits per heavy atom. The van der Waals surface area contributed by atoms with Crippen LogP contribution in [0.5, 0.6) is 0 Å². The number of rotatable bonds is 3. The third kappa shape index (κ3) is 3.15. The normalized spacial score (nSPS) is 16.5. The molecule has 2 aliphatic rings. The minimum atomic E-state index is -0.915. The van der Waals surface area contributed by atoms with Crippen LogP contribution in [-0.4, -0.2) is 31.6 Å². The lowest BCUT2D eigenvalue weighted by Gasteiger charge is -2.11. The molecule has 0 radical (unpaired) electrons. The molecule has 4 aromatic rings. The van der Waals surface area contributed by atoms with E-state index in [1.165, 1.54) is 27.4 Å². The number of carboxylic acid groups (broad SMARTS) is 1. The minimum absolute atomic E-state index is 0.0962. The maximum absolute atomic E-state index is 11.1. The van der Waals surface area contributed by atoms with Crippen LogP contribution in [0.15, 0.2) is 53.5 Å². The van der Waals surface area contributed by atoms with Gasteiger partial charge in [-0.1, -0.05) is 36.4 Å². The number of aromatic carboxylic acids is 1. The van der Waals surface area contributed by atoms with E-state index < -0.39 is 5.97 Å². The van der Waals surface area contributed by atoms with Crippen LogP contribution in [0.3, 0.4) is 0 Å². The number of thiophene rings is 1. The summed E-state index contributed by atoms with van der Waals surface area (Å²) in [6.45, 7) is 4.09. The van der Waals surface area contributed by atoms with Crippen molar-refractivity contribution in [3.8, 4) is 16.1 Å². The SMILES string of the molecule is Cc1nnc2n1-c1sc3c(c1C(c1ccc(-c4ccc(C(=O)O)cc4)cc1)=N[C@H]2C)CCC3. The molecule has 0 amide bonds. The molecule has 33 heavy (non-hydrogen) atoms. The fraction of sp³-hybridized carbons (Fsp3) is 0.231. The number of benzene rings is 2. The predicted octanol–water partition coefficient (Wildman–Crippen LogP) is 5.40. The van der Waals surface area contributed by atoms with Crippen molar-refractivity contribution < 1.29 is 9.90 Å². The van der Waals surface area contributed by atoms with E-state index in [4.69, 9.17) is 10.1 Å². The van der Waals surface area contributed by atoms with Crippen molar-refractivity contribution in [3.63, 3.8) is 0 Å². The minimum Gasteiger partial charge on any atom is -0.478 e. The van der Waals surface area contributed by atoms with Crippen molar-refractivity contribution >= 4 is 23.0 Å². The van der Waals surface area contributed by atoms with E-state index in [1.807, 2.05) is 30.4 Å². The first-order valence-electron chi connectivity index (χ1n) is 11.1. The molecule has 1 aliphatic heterocycles. The van der Waals surface area contributed by atoms with Gasteiger partial charge in [0, 0.05) is 16.0 Å². The van der Waals surface area contributed by atoms with Crippen LogP contribution >= 0.6 is 11.3 Å². The molecule has 2 aromatic carbocycles. The maximum atomic E-state index is 11.1. The fourth-order valence-corrected chi connectivity index (χ4v) is 6.30. The van der Waals surface area contributed by atoms with E-state index >= 15 is 0 Å². The summed E-state index contributed by atoms with van der Waals surface area (Å²) in [6, 6.07) is 15.3. The summed E-state index contributed by atoms with van der Waals surface area (Å²) in [5.74, 6) is 0.871. The Labute approximate surface area is 195 Å². The molecule has 1 atom stereocenters. The van der Waals surface area contributed by atoms with E-state index in [9.17, 15) is 4.79 Å². The first kappa shape index (κ1) is 20.1. The van der Waals surface area contributed by atoms with Crippen molar-refractivity contribution in [3.05, 3.63) is 87.3 Å². The van der Waals surface area contributed by atoms with Crippen molar-refractivity contribution in [2.75, 3.05) is 0 Å². The number of nitrogens with zero attached hydrogens (tertiary/aromatic N) is 4. The lowest BCUT2D eigenvalue weighted by molar-refractivity contribution is 0.0697. The maximum Gasteiger partial charge on any atom is 0.335 e. The van der Waals surface area contributed by atoms with Gasteiger partial charge < -0.3 is 5.11 Å². The number of aromatic nitrogens is 3. The molecule has 164 valence electrons. The highest BCUT2D eigenvalue weighted by Crippen LogP contribution is 2.42. The Hall–Kier alpha value is -3.58. The molecule has 7 heteroatoms. The highest BCUT2D eigenvalue weighted by molar-refractivity contribution is 7.15. The summed E-state index contributed by atoms with van der Waals surface area (Å²) >= 11 is 1.86. The van der Waals surface area contributed by atoms with Gasteiger partial charge in [-0.2, -0.15) is 0 Å². The molecule has 3 heterocycles. The van der Waals surface area contributed by atoms with Crippen molar-refractivity contribution in [1.82, 2.24) is 14.8 Å². The molecule has 0 saturated heterocycles. The Kier molecular flexibility index (Phi) is 4.55. The zero-order valence-corrected chi connectivity index (χ0v) is 19.2. The molecule has 6 nitrogen and oxygen atoms in total. The molecule has 0 fully saturated rings. The van der Waals surface area contributed by atoms with Gasteiger partial charge in [0.25, 0.3) is 0 Å². The van der Waals surface area contributed by atoms with Crippen LogP contribution in [0.4, 0.5) is 0 Å². The van der Waals surface area contributed by atoms with E-state index in [0.29, 0.717) is 5.56 Å². The van der Waals surface area contributed by atoms with Crippen molar-refractivity contribution in [1.29, 1.82) is 0 Å². The molecule has 0 bridgehead atoms. The molecule has 1 aliphatic carbocycles. The van der Waals surface area contributed by atoms with E-state index in [1.54, 1.807) is 12.1 Å². The smallest absolute Gasteiger partial charge is 0.335 e. The molecule has 6 rings (SSSR count). The Morgan fingerprint density at radius 2 is 1.67 bits per heavy atom. The Balaban J connectivity index is 1.45. The van der Waals surface area contributed by atoms with Crippen LogP contribution in [-0.2, 0) is 12.8 Å². The number of hydrogen-bond acceptors (Lipinski definition) is 5. The molecule has 0 saturated carbocycles. The molecular weight excluding hydrogens is 432 g/mol. The number of fused-ring (bicyclic) bond motifs is 5. The highest BCUT2D eigenvalue weighted by Gasteiger charge is 2.32. The predicted molar refractivity (Wildman–Crippen MR) is 129 cm³/mol. The second kappa shape index (κ2) is 7.49. The van der Waals surface area contributed by atoms with Gasteiger partial charge in [-0.25, -0.2) is 4.79 Å². The first-order chi connectivity index (χ1) is 16.0. The van der Waals surface area contributed by atoms with Gasteiger partial charge in [0.1, 0.15) is 16.9 Å². The fourth-order valence-electron chi connectivity index (χ4n) is 4.85. The largest absolute Gasteiger partial charge is 0.478 e. The van der Waals surface area contributed by atoms with Gasteiger partial charge in [-0.05, 0) is 61.9 Å². The quantitative estimate of drug-likeness (QED) is 0.449. The monoisotopic (exact) mass is 454 g/mol. The number of carboxylic acids is 1. The Morgan fingerprint density at radius 3 is 2.36 bits per heavy atom. The second-order valence-corrected chi connectivity index (χ2v) is 9.68. The number of aryl methyl sites for hydroxylation is 2. The van der Waals surface area contributed by atoms with E-state index in [2.05, 4.69) is 46.0 Å². The average molecular weight is 455 g/mol. The number of carbonyl (C=O) groups is 1. The zero-order valence-electron chi connectivity index (χ0n) is 18.4. The van der Waals surface area contributed by atoms with E-state index in [0.717, 1.165) is 46.9 Å². The van der Waals surface area contributed by atoms with Gasteiger partial charge in [0.2, 0.25) is 0 Å². The lowest BCUT2D eigenvalue weighted by Crippen LogP contribution is -2.08. The first-order valence-corrected chi connectivity index (χ1v) is 11.9. The van der Waals surface area contributed by atoms with Gasteiger partial charge in [0.15, 0.2) is 5.82 Å². The molecule has 1 N–H and O–H groups in total. The molecule has 2 aromatic heterocycles. The summed E-state index contributed by atoms with van der Waals surface area (Å²) in [7, 11) is 0. The molecule has 0 spiro atoms. The average Bonchev–Trinajstić information content (AvgIpc) is 3.50. The Bertz CT molecular complexity index is 1430. The third-order valence-corrected chi connectivity index (χ3v) is 7.79. The van der Waals surface area contributed by atoms with Gasteiger partial charge in [-0.15, -0.1) is 21.5 Å². The van der Waals surface area contributed by atoms with Crippen LogP contribution in [0.2, 0.25) is 0 Å². The number of hydrogen-bond donors (Lipinski definition) is 1. The number of aliphatic imine (C=N–C) groups is 1. The summed E-state index contributed by atoms with van der Waals surface area (Å²) < 4.78 is 2.19. The third-order valence-electron chi connectivity index (χ3n) is 6.51. The van der Waals surface area contributed by atoms with Crippen LogP contribution < -0.4 is 0 Å². The van der Waals surface area contributed by atoms with E-state index in [-0.39, 0.29) is 6.04 Å². The van der Waals surface area contributed by atoms with Crippen molar-refractivity contribution in [2.45, 2.75) is 39.2 Å². The van der Waals surface area contributed by atoms with Crippen molar-refractivity contribution in [2.24, 2.45) is 4.99 Å². The van der Waals surface area contributed by atoms with Crippen LogP contribution in [0.25, 0.3) is 16.1 Å². The summed E-state index contributed by atoms with van der Waals surface area (Å²) in [4.78, 5) is 17.8. The van der Waals surface area contributed by atoms with Crippen LogP contribution in [0, 0.1) is 6.92 Å². The topological polar surface area (TPSA) is 80.4 Å². The van der Waals surface area contributed by atoms with Gasteiger partial charge in [-0.3, -0.25) is 9.56 Å². The zero-order chi connectivity index (χ0) is 22.7. The second-order valence-electron chi connectivity index (χ2n) is 8.59. The highest BCUT2D eigenvalue weighted by atomic mass is 32.1. The molecule has 0 unspecified atom stereocenters. The van der Waals surface area contributed by atoms with Crippen LogP contribution in [0.1, 0.15) is 63.0 Å². The summed E-state index contributed by atoms with van der Waals surface area (Å²) in [5.41, 5.74) is 7.09. The standard InChI is InChI=1S/C26H22N4O2S/c1-14-24-29-28-15(2)30(24)25-22(20-4-3-5-21(20)33-25)23(27-14)18-10-6-16(7-11-18)17-8-12-19(13-9-17)26(31)32/h6-14H,3-5H2,1-2H3,(H,31,32)/t14-/m0/s1. The summed E-state index contributed by atoms with van der Waals surface area (Å²) in [5, 5.41) is 19.1. The lowest BCUT2D eigenvalue weighted by atomic mass is 9.96. The molecular formula is C26H22N4O2S. The van der Waals surface area contributed by atoms with Gasteiger partial charge in [0.05, 0.1) is 11.3 Å².